The van der Waals surface area contributed by atoms with Crippen molar-refractivity contribution in [3.05, 3.63) is 11.6 Å². The zero-order chi connectivity index (χ0) is 15.2. The first-order valence-corrected chi connectivity index (χ1v) is 7.24. The lowest BCUT2D eigenvalue weighted by atomic mass is 10.2. The Labute approximate surface area is 121 Å². The number of alkyl carbamates (subject to hydrolysis) is 1. The predicted molar refractivity (Wildman–Crippen MR) is 78.4 cm³/mol. The average molecular weight is 282 g/mol. The SMILES string of the molecule is C[C@@H](CCNC(=O)C1=CCCC1)NC(=O)OC(C)(C)C. The molecule has 0 bridgehead atoms. The first-order valence-electron chi connectivity index (χ1n) is 7.24. The highest BCUT2D eigenvalue weighted by Gasteiger charge is 2.18. The van der Waals surface area contributed by atoms with Crippen molar-refractivity contribution in [2.24, 2.45) is 0 Å². The minimum absolute atomic E-state index is 0.0203. The smallest absolute Gasteiger partial charge is 0.407 e. The molecule has 1 aliphatic carbocycles. The van der Waals surface area contributed by atoms with Gasteiger partial charge in [-0.1, -0.05) is 6.08 Å². The van der Waals surface area contributed by atoms with Crippen LogP contribution in [0.4, 0.5) is 4.79 Å². The Morgan fingerprint density at radius 3 is 2.65 bits per heavy atom. The number of nitrogens with one attached hydrogen (secondary N) is 2. The summed E-state index contributed by atoms with van der Waals surface area (Å²) in [7, 11) is 0. The Balaban J connectivity index is 2.18. The van der Waals surface area contributed by atoms with Gasteiger partial charge in [-0.2, -0.15) is 0 Å². The largest absolute Gasteiger partial charge is 0.444 e. The average Bonchev–Trinajstić information content (AvgIpc) is 2.78. The summed E-state index contributed by atoms with van der Waals surface area (Å²) in [5, 5.41) is 5.63. The van der Waals surface area contributed by atoms with Gasteiger partial charge in [-0.3, -0.25) is 4.79 Å². The molecule has 2 N–H and O–H groups in total. The van der Waals surface area contributed by atoms with Crippen molar-refractivity contribution in [2.45, 2.75) is 65.0 Å². The molecule has 0 heterocycles. The van der Waals surface area contributed by atoms with E-state index >= 15 is 0 Å². The monoisotopic (exact) mass is 282 g/mol. The molecule has 0 radical (unpaired) electrons. The standard InChI is InChI=1S/C15H26N2O3/c1-11(17-14(19)20-15(2,3)4)9-10-16-13(18)12-7-5-6-8-12/h7,11H,5-6,8-10H2,1-4H3,(H,16,18)(H,17,19)/t11-/m0/s1. The number of hydrogen-bond acceptors (Lipinski definition) is 3. The quantitative estimate of drug-likeness (QED) is 0.814. The zero-order valence-corrected chi connectivity index (χ0v) is 12.9. The second-order valence-corrected chi connectivity index (χ2v) is 6.21. The molecule has 0 aliphatic heterocycles. The minimum Gasteiger partial charge on any atom is -0.444 e. The fourth-order valence-electron chi connectivity index (χ4n) is 1.97. The maximum Gasteiger partial charge on any atom is 0.407 e. The predicted octanol–water partition coefficient (Wildman–Crippen LogP) is 2.52. The summed E-state index contributed by atoms with van der Waals surface area (Å²) in [5.41, 5.74) is 0.394. The molecular weight excluding hydrogens is 256 g/mol. The summed E-state index contributed by atoms with van der Waals surface area (Å²) in [6.45, 7) is 7.92. The Bertz CT molecular complexity index is 383. The normalized spacial score (nSPS) is 16.3. The van der Waals surface area contributed by atoms with Gasteiger partial charge in [0.2, 0.25) is 5.91 Å². The highest BCUT2D eigenvalue weighted by atomic mass is 16.6. The van der Waals surface area contributed by atoms with Crippen molar-refractivity contribution >= 4 is 12.0 Å². The first-order chi connectivity index (χ1) is 9.28. The highest BCUT2D eigenvalue weighted by molar-refractivity contribution is 5.93. The molecular formula is C15H26N2O3. The van der Waals surface area contributed by atoms with Gasteiger partial charge in [0.15, 0.2) is 0 Å². The van der Waals surface area contributed by atoms with Crippen molar-refractivity contribution < 1.29 is 14.3 Å². The Morgan fingerprint density at radius 1 is 1.40 bits per heavy atom. The van der Waals surface area contributed by atoms with Crippen LogP contribution in [0.25, 0.3) is 0 Å². The minimum atomic E-state index is -0.493. The molecule has 2 amide bonds. The molecule has 114 valence electrons. The van der Waals surface area contributed by atoms with Gasteiger partial charge in [0.05, 0.1) is 0 Å². The zero-order valence-electron chi connectivity index (χ0n) is 12.9. The van der Waals surface area contributed by atoms with Crippen LogP contribution in [0.15, 0.2) is 11.6 Å². The molecule has 1 aliphatic rings. The lowest BCUT2D eigenvalue weighted by Gasteiger charge is -2.22. The van der Waals surface area contributed by atoms with Crippen LogP contribution >= 0.6 is 0 Å². The summed E-state index contributed by atoms with van der Waals surface area (Å²) in [6.07, 6.45) is 5.20. The number of ether oxygens (including phenoxy) is 1. The third-order valence-corrected chi connectivity index (χ3v) is 2.96. The van der Waals surface area contributed by atoms with E-state index in [-0.39, 0.29) is 11.9 Å². The molecule has 5 nitrogen and oxygen atoms in total. The molecule has 0 spiro atoms. The molecule has 0 fully saturated rings. The van der Waals surface area contributed by atoms with E-state index in [0.717, 1.165) is 24.8 Å². The molecule has 0 unspecified atom stereocenters. The number of hydrogen-bond donors (Lipinski definition) is 2. The van der Waals surface area contributed by atoms with Crippen LogP contribution in [0.5, 0.6) is 0 Å². The van der Waals surface area contributed by atoms with Crippen molar-refractivity contribution in [2.75, 3.05) is 6.54 Å². The van der Waals surface area contributed by atoms with Crippen LogP contribution in [-0.2, 0) is 9.53 Å². The molecule has 0 saturated heterocycles. The highest BCUT2D eigenvalue weighted by Crippen LogP contribution is 2.17. The van der Waals surface area contributed by atoms with E-state index in [1.807, 2.05) is 33.8 Å². The lowest BCUT2D eigenvalue weighted by Crippen LogP contribution is -2.39. The number of amides is 2. The van der Waals surface area contributed by atoms with Gasteiger partial charge in [0, 0.05) is 18.2 Å². The third kappa shape index (κ3) is 6.59. The van der Waals surface area contributed by atoms with Crippen LogP contribution in [0.1, 0.15) is 53.4 Å². The molecule has 0 aromatic carbocycles. The summed E-state index contributed by atoms with van der Waals surface area (Å²) < 4.78 is 5.17. The first kappa shape index (κ1) is 16.5. The van der Waals surface area contributed by atoms with Gasteiger partial charge in [-0.25, -0.2) is 4.79 Å². The summed E-state index contributed by atoms with van der Waals surface area (Å²) in [6, 6.07) is -0.0392. The van der Waals surface area contributed by atoms with Gasteiger partial charge in [0.25, 0.3) is 0 Å². The van der Waals surface area contributed by atoms with Crippen molar-refractivity contribution in [3.8, 4) is 0 Å². The molecule has 0 aromatic heterocycles. The van der Waals surface area contributed by atoms with Crippen molar-refractivity contribution in [3.63, 3.8) is 0 Å². The Hall–Kier alpha value is -1.52. The van der Waals surface area contributed by atoms with Crippen LogP contribution in [0.3, 0.4) is 0 Å². The second kappa shape index (κ2) is 7.31. The molecule has 1 rings (SSSR count). The van der Waals surface area contributed by atoms with Crippen molar-refractivity contribution in [1.29, 1.82) is 0 Å². The number of carbonyl (C=O) groups excluding carboxylic acids is 2. The molecule has 0 saturated carbocycles. The molecule has 1 atom stereocenters. The van der Waals surface area contributed by atoms with E-state index in [1.165, 1.54) is 0 Å². The lowest BCUT2D eigenvalue weighted by molar-refractivity contribution is -0.117. The molecule has 20 heavy (non-hydrogen) atoms. The number of carbonyl (C=O) groups is 2. The van der Waals surface area contributed by atoms with Gasteiger partial charge >= 0.3 is 6.09 Å². The Kier molecular flexibility index (Phi) is 6.05. The maximum absolute atomic E-state index is 11.7. The van der Waals surface area contributed by atoms with E-state index in [1.54, 1.807) is 0 Å². The summed E-state index contributed by atoms with van der Waals surface area (Å²) in [5.74, 6) is 0.0203. The number of allylic oxidation sites excluding steroid dienone is 1. The Morgan fingerprint density at radius 2 is 2.10 bits per heavy atom. The van der Waals surface area contributed by atoms with Crippen LogP contribution in [0.2, 0.25) is 0 Å². The summed E-state index contributed by atoms with van der Waals surface area (Å²) >= 11 is 0. The van der Waals surface area contributed by atoms with E-state index in [0.29, 0.717) is 13.0 Å². The van der Waals surface area contributed by atoms with Gasteiger partial charge in [0.1, 0.15) is 5.60 Å². The second-order valence-electron chi connectivity index (χ2n) is 6.21. The van der Waals surface area contributed by atoms with Gasteiger partial charge < -0.3 is 15.4 Å². The van der Waals surface area contributed by atoms with Crippen LogP contribution in [0, 0.1) is 0 Å². The maximum atomic E-state index is 11.7. The van der Waals surface area contributed by atoms with Crippen molar-refractivity contribution in [1.82, 2.24) is 10.6 Å². The fourth-order valence-corrected chi connectivity index (χ4v) is 1.97. The molecule has 0 aromatic rings. The van der Waals surface area contributed by atoms with E-state index in [2.05, 4.69) is 10.6 Å². The van der Waals surface area contributed by atoms with E-state index < -0.39 is 11.7 Å². The molecule has 5 heteroatoms. The fraction of sp³-hybridized carbons (Fsp3) is 0.733. The number of rotatable bonds is 5. The summed E-state index contributed by atoms with van der Waals surface area (Å²) in [4.78, 5) is 23.3. The van der Waals surface area contributed by atoms with Gasteiger partial charge in [-0.15, -0.1) is 0 Å². The topological polar surface area (TPSA) is 67.4 Å². The van der Waals surface area contributed by atoms with Crippen LogP contribution in [-0.4, -0.2) is 30.2 Å². The van der Waals surface area contributed by atoms with Crippen LogP contribution < -0.4 is 10.6 Å². The van der Waals surface area contributed by atoms with E-state index in [4.69, 9.17) is 4.74 Å². The third-order valence-electron chi connectivity index (χ3n) is 2.96. The van der Waals surface area contributed by atoms with Gasteiger partial charge in [-0.05, 0) is 53.4 Å². The van der Waals surface area contributed by atoms with E-state index in [9.17, 15) is 9.59 Å².